The molecule has 2 bridgehead atoms. The maximum Gasteiger partial charge on any atom is 0.338 e. The first-order valence-electron chi connectivity index (χ1n) is 8.65. The van der Waals surface area contributed by atoms with Gasteiger partial charge in [-0.05, 0) is 48.1 Å². The molecule has 2 atom stereocenters. The van der Waals surface area contributed by atoms with Crippen molar-refractivity contribution in [1.29, 1.82) is 0 Å². The molecule has 0 amide bonds. The topological polar surface area (TPSA) is 40.5 Å². The Hall–Kier alpha value is -2.46. The van der Waals surface area contributed by atoms with Gasteiger partial charge < -0.3 is 5.11 Å². The molecule has 2 aliphatic rings. The highest BCUT2D eigenvalue weighted by Gasteiger charge is 2.36. The molecule has 128 valence electrons. The zero-order valence-electron chi connectivity index (χ0n) is 13.9. The number of rotatable bonds is 4. The van der Waals surface area contributed by atoms with Crippen molar-refractivity contribution >= 4 is 11.5 Å². The largest absolute Gasteiger partial charge is 0.478 e. The number of fused-ring (bicyclic) bond motifs is 2. The van der Waals surface area contributed by atoms with Crippen LogP contribution in [0.15, 0.2) is 54.6 Å². The van der Waals surface area contributed by atoms with Crippen molar-refractivity contribution in [3.8, 4) is 0 Å². The number of carboxylic acid groups (broad SMARTS) is 1. The number of hydrogen-bond donors (Lipinski definition) is 1. The zero-order valence-corrected chi connectivity index (χ0v) is 13.9. The number of carbonyl (C=O) groups is 1. The molecule has 4 rings (SSSR count). The molecular formula is C21H20FNO2. The molecule has 25 heavy (non-hydrogen) atoms. The summed E-state index contributed by atoms with van der Waals surface area (Å²) in [4.78, 5) is 13.7. The molecule has 3 nitrogen and oxygen atoms in total. The highest BCUT2D eigenvalue weighted by Crippen LogP contribution is 2.39. The Balaban J connectivity index is 1.59. The van der Waals surface area contributed by atoms with Crippen LogP contribution < -0.4 is 0 Å². The van der Waals surface area contributed by atoms with Crippen molar-refractivity contribution in [2.75, 3.05) is 0 Å². The Morgan fingerprint density at radius 1 is 1.16 bits per heavy atom. The Morgan fingerprint density at radius 3 is 2.68 bits per heavy atom. The Bertz CT molecular complexity index is 831. The summed E-state index contributed by atoms with van der Waals surface area (Å²) in [7, 11) is 0. The molecule has 2 heterocycles. The quantitative estimate of drug-likeness (QED) is 0.902. The summed E-state index contributed by atoms with van der Waals surface area (Å²) in [5.74, 6) is -1.90. The van der Waals surface area contributed by atoms with Gasteiger partial charge >= 0.3 is 5.97 Å². The summed E-state index contributed by atoms with van der Waals surface area (Å²) in [6.45, 7) is 0.934. The summed E-state index contributed by atoms with van der Waals surface area (Å²) >= 11 is 0. The summed E-state index contributed by atoms with van der Waals surface area (Å²) < 4.78 is 13.6. The first-order valence-corrected chi connectivity index (χ1v) is 8.65. The normalized spacial score (nSPS) is 22.7. The van der Waals surface area contributed by atoms with Crippen molar-refractivity contribution < 1.29 is 14.3 Å². The molecule has 2 aromatic carbocycles. The van der Waals surface area contributed by atoms with Gasteiger partial charge in [0.15, 0.2) is 0 Å². The molecular weight excluding hydrogens is 317 g/mol. The lowest BCUT2D eigenvalue weighted by Crippen LogP contribution is -2.37. The van der Waals surface area contributed by atoms with Crippen molar-refractivity contribution in [3.63, 3.8) is 0 Å². The van der Waals surface area contributed by atoms with Gasteiger partial charge in [-0.25, -0.2) is 9.18 Å². The van der Waals surface area contributed by atoms with Crippen LogP contribution in [0.1, 0.15) is 40.7 Å². The van der Waals surface area contributed by atoms with Gasteiger partial charge in [0.05, 0.1) is 5.56 Å². The average Bonchev–Trinajstić information content (AvgIpc) is 2.84. The Morgan fingerprint density at radius 2 is 1.96 bits per heavy atom. The summed E-state index contributed by atoms with van der Waals surface area (Å²) in [6.07, 6.45) is 5.39. The molecule has 1 N–H and O–H groups in total. The monoisotopic (exact) mass is 337 g/mol. The maximum atomic E-state index is 13.6. The third-order valence-corrected chi connectivity index (χ3v) is 5.32. The lowest BCUT2D eigenvalue weighted by molar-refractivity contribution is 0.0692. The minimum atomic E-state index is -1.22. The third-order valence-electron chi connectivity index (χ3n) is 5.32. The zero-order chi connectivity index (χ0) is 17.4. The van der Waals surface area contributed by atoms with Crippen LogP contribution in [0.3, 0.4) is 0 Å². The van der Waals surface area contributed by atoms with E-state index in [9.17, 15) is 9.18 Å². The van der Waals surface area contributed by atoms with Crippen LogP contribution in [-0.2, 0) is 6.54 Å². The van der Waals surface area contributed by atoms with E-state index in [0.29, 0.717) is 12.1 Å². The number of benzene rings is 2. The molecule has 0 aromatic heterocycles. The van der Waals surface area contributed by atoms with Crippen LogP contribution in [-0.4, -0.2) is 28.1 Å². The molecule has 2 aliphatic heterocycles. The molecule has 2 unspecified atom stereocenters. The average molecular weight is 337 g/mol. The predicted molar refractivity (Wildman–Crippen MR) is 94.7 cm³/mol. The van der Waals surface area contributed by atoms with Gasteiger partial charge in [0.25, 0.3) is 0 Å². The number of hydrogen-bond acceptors (Lipinski definition) is 2. The molecule has 0 spiro atoms. The van der Waals surface area contributed by atoms with E-state index in [4.69, 9.17) is 5.11 Å². The lowest BCUT2D eigenvalue weighted by Gasteiger charge is -2.34. The van der Waals surface area contributed by atoms with E-state index in [0.717, 1.165) is 36.9 Å². The van der Waals surface area contributed by atoms with Crippen LogP contribution in [0.2, 0.25) is 0 Å². The first-order chi connectivity index (χ1) is 12.1. The van der Waals surface area contributed by atoms with Crippen molar-refractivity contribution in [1.82, 2.24) is 4.90 Å². The first kappa shape index (κ1) is 16.0. The summed E-state index contributed by atoms with van der Waals surface area (Å²) in [6, 6.07) is 15.7. The second-order valence-electron chi connectivity index (χ2n) is 6.85. The fraction of sp³-hybridized carbons (Fsp3) is 0.286. The van der Waals surface area contributed by atoms with E-state index in [1.807, 2.05) is 6.07 Å². The van der Waals surface area contributed by atoms with Crippen LogP contribution in [0.5, 0.6) is 0 Å². The SMILES string of the molecule is O=C(O)c1cc(C2=CC3CCC(C2)N3Cc2ccccc2)ccc1F. The molecule has 1 fully saturated rings. The van der Waals surface area contributed by atoms with E-state index >= 15 is 0 Å². The molecule has 1 saturated heterocycles. The van der Waals surface area contributed by atoms with Gasteiger partial charge in [0.1, 0.15) is 5.82 Å². The number of carboxylic acids is 1. The maximum absolute atomic E-state index is 13.6. The van der Waals surface area contributed by atoms with E-state index in [1.165, 1.54) is 17.7 Å². The number of nitrogens with zero attached hydrogens (tertiary/aromatic N) is 1. The third kappa shape index (κ3) is 3.10. The highest BCUT2D eigenvalue weighted by atomic mass is 19.1. The van der Waals surface area contributed by atoms with Crippen molar-refractivity contribution in [3.05, 3.63) is 77.1 Å². The highest BCUT2D eigenvalue weighted by molar-refractivity contribution is 5.89. The molecule has 0 aliphatic carbocycles. The van der Waals surface area contributed by atoms with Gasteiger partial charge in [0.2, 0.25) is 0 Å². The Kier molecular flexibility index (Phi) is 4.14. The fourth-order valence-corrected chi connectivity index (χ4v) is 4.06. The Labute approximate surface area is 146 Å². The number of aromatic carboxylic acids is 1. The van der Waals surface area contributed by atoms with Crippen LogP contribution in [0.25, 0.3) is 5.57 Å². The second kappa shape index (κ2) is 6.45. The fourth-order valence-electron chi connectivity index (χ4n) is 4.06. The predicted octanol–water partition coefficient (Wildman–Crippen LogP) is 4.34. The second-order valence-corrected chi connectivity index (χ2v) is 6.85. The summed E-state index contributed by atoms with van der Waals surface area (Å²) in [5, 5.41) is 9.14. The van der Waals surface area contributed by atoms with Crippen LogP contribution in [0.4, 0.5) is 4.39 Å². The minimum absolute atomic E-state index is 0.252. The van der Waals surface area contributed by atoms with E-state index in [1.54, 1.807) is 6.07 Å². The smallest absolute Gasteiger partial charge is 0.338 e. The van der Waals surface area contributed by atoms with Gasteiger partial charge in [-0.1, -0.05) is 42.5 Å². The number of halogens is 1. The van der Waals surface area contributed by atoms with E-state index in [2.05, 4.69) is 35.2 Å². The van der Waals surface area contributed by atoms with E-state index in [-0.39, 0.29) is 5.56 Å². The lowest BCUT2D eigenvalue weighted by atomic mass is 9.93. The minimum Gasteiger partial charge on any atom is -0.478 e. The van der Waals surface area contributed by atoms with Crippen LogP contribution in [0, 0.1) is 5.82 Å². The van der Waals surface area contributed by atoms with Gasteiger partial charge in [-0.3, -0.25) is 4.90 Å². The summed E-state index contributed by atoms with van der Waals surface area (Å²) in [5.41, 5.74) is 3.03. The standard InChI is InChI=1S/C21H20FNO2/c22-20-9-6-15(12-19(20)21(24)25)16-10-17-7-8-18(11-16)23(17)13-14-4-2-1-3-5-14/h1-6,9-10,12,17-18H,7-8,11,13H2,(H,24,25). The van der Waals surface area contributed by atoms with Gasteiger partial charge in [0, 0.05) is 18.6 Å². The van der Waals surface area contributed by atoms with Crippen LogP contribution >= 0.6 is 0 Å². The molecule has 4 heteroatoms. The van der Waals surface area contributed by atoms with Gasteiger partial charge in [-0.15, -0.1) is 0 Å². The van der Waals surface area contributed by atoms with Gasteiger partial charge in [-0.2, -0.15) is 0 Å². The van der Waals surface area contributed by atoms with Crippen molar-refractivity contribution in [2.45, 2.75) is 37.9 Å². The molecule has 0 saturated carbocycles. The molecule has 0 radical (unpaired) electrons. The molecule has 2 aromatic rings. The van der Waals surface area contributed by atoms with E-state index < -0.39 is 11.8 Å². The van der Waals surface area contributed by atoms with Crippen molar-refractivity contribution in [2.24, 2.45) is 0 Å².